The Kier molecular flexibility index (Phi) is 9.28. The summed E-state index contributed by atoms with van der Waals surface area (Å²) in [6.07, 6.45) is -0.841. The largest absolute Gasteiger partial charge is 0.461 e. The Morgan fingerprint density at radius 1 is 0.978 bits per heavy atom. The van der Waals surface area contributed by atoms with E-state index in [-0.39, 0.29) is 18.4 Å². The average molecular weight is 634 g/mol. The second kappa shape index (κ2) is 12.7. The zero-order chi connectivity index (χ0) is 33.4. The van der Waals surface area contributed by atoms with Gasteiger partial charge in [0.05, 0.1) is 17.4 Å². The first kappa shape index (κ1) is 33.5. The van der Waals surface area contributed by atoms with E-state index in [0.717, 1.165) is 28.1 Å². The number of ether oxygens (including phenoxy) is 2. The first-order chi connectivity index (χ1) is 21.6. The molecule has 2 aliphatic rings. The van der Waals surface area contributed by atoms with Gasteiger partial charge in [-0.05, 0) is 84.6 Å². The number of carbonyl (C=O) groups excluding carboxylic acids is 2. The van der Waals surface area contributed by atoms with Crippen molar-refractivity contribution in [3.8, 4) is 11.1 Å². The van der Waals surface area contributed by atoms with Gasteiger partial charge in [0.15, 0.2) is 6.10 Å². The van der Waals surface area contributed by atoms with Crippen LogP contribution in [0.4, 0.5) is 14.5 Å². The number of nitrogens with one attached hydrogen (secondary N) is 1. The van der Waals surface area contributed by atoms with Crippen LogP contribution in [0.15, 0.2) is 54.6 Å². The molecule has 1 aliphatic heterocycles. The number of piperidine rings is 1. The second-order valence-electron chi connectivity index (χ2n) is 13.9. The average Bonchev–Trinajstić information content (AvgIpc) is 3.52. The van der Waals surface area contributed by atoms with Crippen molar-refractivity contribution in [1.82, 2.24) is 10.3 Å². The molecule has 1 spiro atoms. The highest BCUT2D eigenvalue weighted by atomic mass is 19.3. The number of aromatic nitrogens is 1. The van der Waals surface area contributed by atoms with Gasteiger partial charge in [-0.1, -0.05) is 42.5 Å². The number of anilines is 1. The lowest BCUT2D eigenvalue weighted by molar-refractivity contribution is -0.171. The Labute approximate surface area is 270 Å². The Bertz CT molecular complexity index is 1570. The third kappa shape index (κ3) is 7.09. The predicted molar refractivity (Wildman–Crippen MR) is 175 cm³/mol. The summed E-state index contributed by atoms with van der Waals surface area (Å²) in [6, 6.07) is 17.0. The molecule has 2 fully saturated rings. The Morgan fingerprint density at radius 3 is 2.13 bits per heavy atom. The summed E-state index contributed by atoms with van der Waals surface area (Å²) >= 11 is 0. The number of benzene rings is 2. The number of pyridine rings is 1. The van der Waals surface area contributed by atoms with Crippen LogP contribution in [0, 0.1) is 19.3 Å². The van der Waals surface area contributed by atoms with Crippen molar-refractivity contribution < 1.29 is 27.8 Å². The van der Waals surface area contributed by atoms with E-state index in [9.17, 15) is 18.4 Å². The lowest BCUT2D eigenvalue weighted by Crippen LogP contribution is -2.39. The highest BCUT2D eigenvalue weighted by molar-refractivity contribution is 5.95. The molecule has 0 bridgehead atoms. The fourth-order valence-corrected chi connectivity index (χ4v) is 6.46. The van der Waals surface area contributed by atoms with Crippen LogP contribution in [0.25, 0.3) is 11.1 Å². The van der Waals surface area contributed by atoms with Gasteiger partial charge in [-0.25, -0.2) is 13.6 Å². The monoisotopic (exact) mass is 633 g/mol. The van der Waals surface area contributed by atoms with Crippen LogP contribution in [-0.2, 0) is 20.8 Å². The maximum atomic E-state index is 14.4. The minimum Gasteiger partial charge on any atom is -0.461 e. The Morgan fingerprint density at radius 2 is 1.59 bits per heavy atom. The summed E-state index contributed by atoms with van der Waals surface area (Å²) in [5, 5.41) is 2.96. The Balaban J connectivity index is 1.57. The zero-order valence-electron chi connectivity index (χ0n) is 27.9. The van der Waals surface area contributed by atoms with E-state index < -0.39 is 29.0 Å². The van der Waals surface area contributed by atoms with Crippen LogP contribution < -0.4 is 10.2 Å². The minimum atomic E-state index is -2.63. The number of aryl methyl sites for hydroxylation is 2. The van der Waals surface area contributed by atoms with Gasteiger partial charge in [0.25, 0.3) is 11.8 Å². The fourth-order valence-electron chi connectivity index (χ4n) is 6.46. The van der Waals surface area contributed by atoms with Crippen LogP contribution in [-0.4, -0.2) is 47.6 Å². The van der Waals surface area contributed by atoms with Gasteiger partial charge < -0.3 is 19.7 Å². The SMILES string of the molecule is Cc1nc(C)c([C@H](OC(C)(C)C)C(=O)OC(C)C)c(N2CCC3(CC2)CC3(F)F)c1-c1ccc(C(=O)NCc2ccccc2)cc1. The van der Waals surface area contributed by atoms with Crippen molar-refractivity contribution in [2.24, 2.45) is 5.41 Å². The van der Waals surface area contributed by atoms with E-state index in [1.54, 1.807) is 26.0 Å². The summed E-state index contributed by atoms with van der Waals surface area (Å²) in [6.45, 7) is 14.2. The molecule has 0 radical (unpaired) electrons. The number of nitrogens with zero attached hydrogens (tertiary/aromatic N) is 2. The number of hydrogen-bond donors (Lipinski definition) is 1. The lowest BCUT2D eigenvalue weighted by Gasteiger charge is -2.39. The lowest BCUT2D eigenvalue weighted by atomic mass is 9.89. The first-order valence-electron chi connectivity index (χ1n) is 16.1. The molecule has 0 unspecified atom stereocenters. The molecule has 3 aromatic rings. The molecule has 1 aliphatic carbocycles. The molecule has 5 rings (SSSR count). The highest BCUT2D eigenvalue weighted by Crippen LogP contribution is 2.66. The minimum absolute atomic E-state index is 0.0772. The number of hydrogen-bond acceptors (Lipinski definition) is 6. The van der Waals surface area contributed by atoms with Crippen LogP contribution in [0.2, 0.25) is 0 Å². The Hall–Kier alpha value is -3.85. The van der Waals surface area contributed by atoms with Crippen molar-refractivity contribution in [3.63, 3.8) is 0 Å². The first-order valence-corrected chi connectivity index (χ1v) is 16.1. The van der Waals surface area contributed by atoms with E-state index in [1.807, 2.05) is 77.1 Å². The van der Waals surface area contributed by atoms with Crippen molar-refractivity contribution in [2.75, 3.05) is 18.0 Å². The maximum Gasteiger partial charge on any atom is 0.340 e. The van der Waals surface area contributed by atoms with E-state index in [1.165, 1.54) is 0 Å². The van der Waals surface area contributed by atoms with Crippen LogP contribution in [0.1, 0.15) is 92.9 Å². The zero-order valence-corrected chi connectivity index (χ0v) is 27.9. The van der Waals surface area contributed by atoms with E-state index in [2.05, 4.69) is 10.2 Å². The second-order valence-corrected chi connectivity index (χ2v) is 13.9. The number of carbonyl (C=O) groups is 2. The standard InChI is InChI=1S/C37H45F2N3O4/c1-23(2)45-34(44)32(46-35(5,6)7)30-25(4)41-24(3)29(31(30)42-19-17-36(18-20-42)22-37(36,38)39)27-13-15-28(16-14-27)33(43)40-21-26-11-9-8-10-12-26/h8-16,23,32H,17-22H2,1-7H3,(H,40,43)/t32-/m0/s1. The molecule has 1 aromatic heterocycles. The van der Waals surface area contributed by atoms with Gasteiger partial charge in [-0.2, -0.15) is 0 Å². The number of esters is 1. The summed E-state index contributed by atoms with van der Waals surface area (Å²) in [7, 11) is 0. The molecule has 1 N–H and O–H groups in total. The predicted octanol–water partition coefficient (Wildman–Crippen LogP) is 7.73. The van der Waals surface area contributed by atoms with E-state index in [4.69, 9.17) is 14.5 Å². The van der Waals surface area contributed by atoms with Crippen LogP contribution in [0.5, 0.6) is 0 Å². The molecular formula is C37H45F2N3O4. The van der Waals surface area contributed by atoms with Crippen molar-refractivity contribution in [3.05, 3.63) is 82.7 Å². The normalized spacial score (nSPS) is 17.6. The van der Waals surface area contributed by atoms with Gasteiger partial charge in [-0.15, -0.1) is 0 Å². The maximum absolute atomic E-state index is 14.4. The highest BCUT2D eigenvalue weighted by Gasteiger charge is 2.70. The van der Waals surface area contributed by atoms with E-state index in [0.29, 0.717) is 49.3 Å². The van der Waals surface area contributed by atoms with Gasteiger partial charge in [-0.3, -0.25) is 9.78 Å². The number of amides is 1. The number of alkyl halides is 2. The van der Waals surface area contributed by atoms with Crippen LogP contribution in [0.3, 0.4) is 0 Å². The van der Waals surface area contributed by atoms with Gasteiger partial charge in [0, 0.05) is 59.5 Å². The quantitative estimate of drug-likeness (QED) is 0.243. The fraction of sp³-hybridized carbons (Fsp3) is 0.486. The molecule has 7 nitrogen and oxygen atoms in total. The molecular weight excluding hydrogens is 588 g/mol. The van der Waals surface area contributed by atoms with E-state index >= 15 is 0 Å². The summed E-state index contributed by atoms with van der Waals surface area (Å²) < 4.78 is 40.9. The molecule has 1 amide bonds. The van der Waals surface area contributed by atoms with Crippen molar-refractivity contribution in [2.45, 2.75) is 98.0 Å². The molecule has 46 heavy (non-hydrogen) atoms. The van der Waals surface area contributed by atoms with Crippen molar-refractivity contribution in [1.29, 1.82) is 0 Å². The molecule has 1 saturated heterocycles. The molecule has 246 valence electrons. The third-order valence-corrected chi connectivity index (χ3v) is 8.86. The summed E-state index contributed by atoms with van der Waals surface area (Å²) in [4.78, 5) is 33.7. The molecule has 1 atom stereocenters. The molecule has 2 aromatic carbocycles. The summed E-state index contributed by atoms with van der Waals surface area (Å²) in [5.74, 6) is -3.36. The van der Waals surface area contributed by atoms with Gasteiger partial charge in [0.1, 0.15) is 0 Å². The third-order valence-electron chi connectivity index (χ3n) is 8.86. The molecule has 2 heterocycles. The van der Waals surface area contributed by atoms with Gasteiger partial charge in [0.2, 0.25) is 0 Å². The summed E-state index contributed by atoms with van der Waals surface area (Å²) in [5.41, 5.74) is 4.07. The smallest absolute Gasteiger partial charge is 0.340 e. The van der Waals surface area contributed by atoms with Gasteiger partial charge >= 0.3 is 5.97 Å². The number of halogens is 2. The van der Waals surface area contributed by atoms with Crippen molar-refractivity contribution >= 4 is 17.6 Å². The topological polar surface area (TPSA) is 80.8 Å². The number of rotatable bonds is 9. The molecule has 9 heteroatoms. The van der Waals surface area contributed by atoms with Crippen LogP contribution >= 0.6 is 0 Å². The molecule has 1 saturated carbocycles.